The van der Waals surface area contributed by atoms with E-state index in [0.29, 0.717) is 0 Å². The number of hydrogen-bond donors (Lipinski definition) is 2. The lowest BCUT2D eigenvalue weighted by atomic mass is 9.82. The number of hydrogen-bond acceptors (Lipinski definition) is 3. The van der Waals surface area contributed by atoms with E-state index >= 15 is 0 Å². The van der Waals surface area contributed by atoms with Crippen molar-refractivity contribution in [2.24, 2.45) is 0 Å². The summed E-state index contributed by atoms with van der Waals surface area (Å²) in [6.45, 7) is 0. The number of aromatic nitrogens is 1. The van der Waals surface area contributed by atoms with Gasteiger partial charge in [-0.3, -0.25) is 4.98 Å². The molecule has 0 spiro atoms. The minimum atomic E-state index is -1.93. The standard InChI is InChI=1S/C5H5BFNO2/c7-5-1-4(6(9)10)2-8-3-5/h1-3,9-10H/i1D,3D. The van der Waals surface area contributed by atoms with E-state index in [9.17, 15) is 4.39 Å². The van der Waals surface area contributed by atoms with Crippen LogP contribution in [0, 0.1) is 5.82 Å². The van der Waals surface area contributed by atoms with Crippen LogP contribution in [0.1, 0.15) is 2.74 Å². The maximum absolute atomic E-state index is 12.7. The molecule has 0 aliphatic carbocycles. The van der Waals surface area contributed by atoms with E-state index in [0.717, 1.165) is 6.20 Å². The summed E-state index contributed by atoms with van der Waals surface area (Å²) >= 11 is 0. The number of halogens is 1. The first-order valence-corrected chi connectivity index (χ1v) is 2.51. The third kappa shape index (κ3) is 1.52. The predicted molar refractivity (Wildman–Crippen MR) is 34.0 cm³/mol. The topological polar surface area (TPSA) is 53.4 Å². The Kier molecular flexibility index (Phi) is 1.33. The van der Waals surface area contributed by atoms with Crippen LogP contribution in [0.2, 0.25) is 0 Å². The summed E-state index contributed by atoms with van der Waals surface area (Å²) in [7, 11) is -1.93. The number of pyridine rings is 1. The molecule has 1 aromatic rings. The van der Waals surface area contributed by atoms with Crippen LogP contribution in [-0.2, 0) is 0 Å². The van der Waals surface area contributed by atoms with Crippen molar-refractivity contribution < 1.29 is 17.2 Å². The smallest absolute Gasteiger partial charge is 0.423 e. The molecule has 0 bridgehead atoms. The van der Waals surface area contributed by atoms with Crippen molar-refractivity contribution in [1.82, 2.24) is 4.98 Å². The van der Waals surface area contributed by atoms with Gasteiger partial charge in [0.05, 0.1) is 8.91 Å². The molecule has 3 nitrogen and oxygen atoms in total. The van der Waals surface area contributed by atoms with E-state index in [1.54, 1.807) is 0 Å². The summed E-state index contributed by atoms with van der Waals surface area (Å²) in [5.74, 6) is -1.15. The number of nitrogens with zero attached hydrogens (tertiary/aromatic N) is 1. The Hall–Kier alpha value is -0.935. The molecule has 0 aromatic carbocycles. The maximum atomic E-state index is 12.7. The van der Waals surface area contributed by atoms with Crippen LogP contribution in [-0.4, -0.2) is 22.2 Å². The molecule has 0 amide bonds. The summed E-state index contributed by atoms with van der Waals surface area (Å²) in [6, 6.07) is -0.704. The molecule has 0 saturated heterocycles. The first-order valence-electron chi connectivity index (χ1n) is 3.51. The lowest BCUT2D eigenvalue weighted by Gasteiger charge is -1.95. The zero-order chi connectivity index (χ0) is 9.30. The fourth-order valence-corrected chi connectivity index (χ4v) is 0.477. The van der Waals surface area contributed by atoms with Gasteiger partial charge in [0.2, 0.25) is 0 Å². The van der Waals surface area contributed by atoms with Crippen molar-refractivity contribution >= 4 is 12.6 Å². The minimum absolute atomic E-state index is 0.344. The van der Waals surface area contributed by atoms with E-state index in [1.807, 2.05) is 0 Å². The molecule has 0 unspecified atom stereocenters. The van der Waals surface area contributed by atoms with Crippen molar-refractivity contribution in [1.29, 1.82) is 0 Å². The Bertz CT molecular complexity index is 310. The molecule has 0 aliphatic rings. The summed E-state index contributed by atoms with van der Waals surface area (Å²) in [5.41, 5.74) is -0.344. The second-order valence-corrected chi connectivity index (χ2v) is 1.64. The lowest BCUT2D eigenvalue weighted by molar-refractivity contribution is 0.425. The van der Waals surface area contributed by atoms with E-state index < -0.39 is 25.2 Å². The summed E-state index contributed by atoms with van der Waals surface area (Å²) < 4.78 is 26.5. The summed E-state index contributed by atoms with van der Waals surface area (Å²) in [5, 5.41) is 17.2. The normalized spacial score (nSPS) is 12.3. The fraction of sp³-hybridized carbons (Fsp3) is 0. The Balaban J connectivity index is 3.27. The van der Waals surface area contributed by atoms with E-state index in [1.165, 1.54) is 0 Å². The third-order valence-electron chi connectivity index (χ3n) is 0.899. The highest BCUT2D eigenvalue weighted by Gasteiger charge is 2.10. The molecular formula is C5H5BFNO2. The zero-order valence-electron chi connectivity index (χ0n) is 6.87. The van der Waals surface area contributed by atoms with Crippen molar-refractivity contribution in [2.75, 3.05) is 0 Å². The molecule has 10 heavy (non-hydrogen) atoms. The van der Waals surface area contributed by atoms with E-state index in [-0.39, 0.29) is 5.46 Å². The lowest BCUT2D eigenvalue weighted by Crippen LogP contribution is -2.30. The van der Waals surface area contributed by atoms with Crippen LogP contribution in [0.25, 0.3) is 0 Å². The molecule has 0 saturated carbocycles. The average Bonchev–Trinajstić information content (AvgIpc) is 2.00. The molecule has 0 radical (unpaired) electrons. The van der Waals surface area contributed by atoms with Crippen molar-refractivity contribution in [3.05, 3.63) is 24.2 Å². The molecule has 0 aliphatic heterocycles. The average molecular weight is 143 g/mol. The maximum Gasteiger partial charge on any atom is 0.490 e. The second-order valence-electron chi connectivity index (χ2n) is 1.64. The molecule has 0 fully saturated rings. The molecular weight excluding hydrogens is 136 g/mol. The van der Waals surface area contributed by atoms with Gasteiger partial charge in [0.25, 0.3) is 0 Å². The Labute approximate surface area is 60.1 Å². The van der Waals surface area contributed by atoms with Gasteiger partial charge in [0.15, 0.2) is 0 Å². The van der Waals surface area contributed by atoms with E-state index in [4.69, 9.17) is 12.8 Å². The van der Waals surface area contributed by atoms with Gasteiger partial charge in [-0.25, -0.2) is 4.39 Å². The van der Waals surface area contributed by atoms with Crippen LogP contribution in [0.3, 0.4) is 0 Å². The first kappa shape index (κ1) is 4.82. The van der Waals surface area contributed by atoms with Gasteiger partial charge in [0.1, 0.15) is 5.82 Å². The van der Waals surface area contributed by atoms with Crippen LogP contribution < -0.4 is 5.46 Å². The van der Waals surface area contributed by atoms with Gasteiger partial charge in [-0.2, -0.15) is 0 Å². The highest BCUT2D eigenvalue weighted by molar-refractivity contribution is 6.58. The van der Waals surface area contributed by atoms with Crippen molar-refractivity contribution in [2.45, 2.75) is 0 Å². The molecule has 2 N–H and O–H groups in total. The molecule has 1 rings (SSSR count). The minimum Gasteiger partial charge on any atom is -0.423 e. The summed E-state index contributed by atoms with van der Waals surface area (Å²) in [4.78, 5) is 3.21. The number of rotatable bonds is 1. The van der Waals surface area contributed by atoms with Gasteiger partial charge in [-0.1, -0.05) is 0 Å². The van der Waals surface area contributed by atoms with Gasteiger partial charge < -0.3 is 10.0 Å². The van der Waals surface area contributed by atoms with Gasteiger partial charge in [-0.15, -0.1) is 0 Å². The van der Waals surface area contributed by atoms with Crippen molar-refractivity contribution in [3.8, 4) is 0 Å². The van der Waals surface area contributed by atoms with Gasteiger partial charge in [-0.05, 0) is 6.04 Å². The summed E-state index contributed by atoms with van der Waals surface area (Å²) in [6.07, 6.45) is 0.211. The van der Waals surface area contributed by atoms with Crippen LogP contribution in [0.5, 0.6) is 0 Å². The van der Waals surface area contributed by atoms with Crippen LogP contribution in [0.15, 0.2) is 18.4 Å². The Morgan fingerprint density at radius 3 is 3.00 bits per heavy atom. The zero-order valence-corrected chi connectivity index (χ0v) is 4.87. The SMILES string of the molecule is [2H]c1ncc(B(O)O)c([2H])c1F. The van der Waals surface area contributed by atoms with Gasteiger partial charge >= 0.3 is 7.12 Å². The predicted octanol–water partition coefficient (Wildman–Crippen LogP) is -1.10. The quantitative estimate of drug-likeness (QED) is 0.490. The monoisotopic (exact) mass is 143 g/mol. The largest absolute Gasteiger partial charge is 0.490 e. The van der Waals surface area contributed by atoms with Gasteiger partial charge in [0, 0.05) is 11.7 Å². The second kappa shape index (κ2) is 2.77. The Morgan fingerprint density at radius 1 is 1.70 bits per heavy atom. The van der Waals surface area contributed by atoms with Crippen molar-refractivity contribution in [3.63, 3.8) is 0 Å². The fourth-order valence-electron chi connectivity index (χ4n) is 0.477. The Morgan fingerprint density at radius 2 is 2.40 bits per heavy atom. The molecule has 52 valence electrons. The highest BCUT2D eigenvalue weighted by Crippen LogP contribution is 1.88. The molecule has 0 atom stereocenters. The molecule has 1 aromatic heterocycles. The van der Waals surface area contributed by atoms with Crippen LogP contribution >= 0.6 is 0 Å². The first-order chi connectivity index (χ1) is 5.54. The van der Waals surface area contributed by atoms with E-state index in [2.05, 4.69) is 4.98 Å². The molecule has 1 heterocycles. The highest BCUT2D eigenvalue weighted by atomic mass is 19.1. The third-order valence-corrected chi connectivity index (χ3v) is 0.899. The van der Waals surface area contributed by atoms with Crippen LogP contribution in [0.4, 0.5) is 4.39 Å². The molecule has 5 heteroatoms.